The average Bonchev–Trinajstić information content (AvgIpc) is 2.39. The van der Waals surface area contributed by atoms with Crippen LogP contribution in [0.25, 0.3) is 5.57 Å². The molecule has 1 aliphatic carbocycles. The SMILES string of the molecule is COC(=O)c1ccc(C2=CCC(O)CC2)cc1. The van der Waals surface area contributed by atoms with Crippen molar-refractivity contribution < 1.29 is 14.6 Å². The molecule has 1 aliphatic rings. The van der Waals surface area contributed by atoms with E-state index in [1.165, 1.54) is 12.7 Å². The van der Waals surface area contributed by atoms with Crippen molar-refractivity contribution in [1.82, 2.24) is 0 Å². The van der Waals surface area contributed by atoms with Crippen molar-refractivity contribution >= 4 is 11.5 Å². The zero-order valence-electron chi connectivity index (χ0n) is 9.85. The first kappa shape index (κ1) is 11.9. The van der Waals surface area contributed by atoms with E-state index in [0.717, 1.165) is 18.4 Å². The first-order valence-electron chi connectivity index (χ1n) is 5.76. The van der Waals surface area contributed by atoms with E-state index in [-0.39, 0.29) is 12.1 Å². The number of hydrogen-bond acceptors (Lipinski definition) is 3. The van der Waals surface area contributed by atoms with Crippen LogP contribution in [0.4, 0.5) is 0 Å². The Morgan fingerprint density at radius 3 is 2.59 bits per heavy atom. The van der Waals surface area contributed by atoms with Gasteiger partial charge < -0.3 is 9.84 Å². The first-order chi connectivity index (χ1) is 8.20. The summed E-state index contributed by atoms with van der Waals surface area (Å²) in [5.74, 6) is -0.315. The molecule has 1 unspecified atom stereocenters. The number of ether oxygens (including phenoxy) is 1. The van der Waals surface area contributed by atoms with E-state index in [1.54, 1.807) is 12.1 Å². The first-order valence-corrected chi connectivity index (χ1v) is 5.76. The van der Waals surface area contributed by atoms with E-state index in [4.69, 9.17) is 0 Å². The van der Waals surface area contributed by atoms with Gasteiger partial charge in [-0.25, -0.2) is 4.79 Å². The van der Waals surface area contributed by atoms with Crippen LogP contribution in [0.15, 0.2) is 30.3 Å². The second-order valence-electron chi connectivity index (χ2n) is 4.23. The highest BCUT2D eigenvalue weighted by Crippen LogP contribution is 2.27. The molecular weight excluding hydrogens is 216 g/mol. The predicted molar refractivity (Wildman–Crippen MR) is 65.6 cm³/mol. The highest BCUT2D eigenvalue weighted by atomic mass is 16.5. The van der Waals surface area contributed by atoms with Crippen molar-refractivity contribution in [1.29, 1.82) is 0 Å². The lowest BCUT2D eigenvalue weighted by Gasteiger charge is -2.17. The Labute approximate surface area is 101 Å². The van der Waals surface area contributed by atoms with Gasteiger partial charge in [-0.2, -0.15) is 0 Å². The largest absolute Gasteiger partial charge is 0.465 e. The van der Waals surface area contributed by atoms with Crippen molar-refractivity contribution in [3.8, 4) is 0 Å². The van der Waals surface area contributed by atoms with Crippen molar-refractivity contribution in [2.75, 3.05) is 7.11 Å². The van der Waals surface area contributed by atoms with Crippen LogP contribution < -0.4 is 0 Å². The number of esters is 1. The van der Waals surface area contributed by atoms with Crippen LogP contribution in [0, 0.1) is 0 Å². The van der Waals surface area contributed by atoms with Gasteiger partial charge in [0.05, 0.1) is 18.8 Å². The van der Waals surface area contributed by atoms with E-state index in [0.29, 0.717) is 12.0 Å². The third kappa shape index (κ3) is 2.74. The summed E-state index contributed by atoms with van der Waals surface area (Å²) in [6, 6.07) is 7.39. The normalized spacial score (nSPS) is 19.6. The molecule has 0 saturated heterocycles. The summed E-state index contributed by atoms with van der Waals surface area (Å²) in [4.78, 5) is 11.3. The van der Waals surface area contributed by atoms with Gasteiger partial charge in [0.1, 0.15) is 0 Å². The zero-order valence-corrected chi connectivity index (χ0v) is 9.85. The molecule has 1 aromatic carbocycles. The number of carbonyl (C=O) groups is 1. The zero-order chi connectivity index (χ0) is 12.3. The minimum atomic E-state index is -0.315. The molecule has 17 heavy (non-hydrogen) atoms. The summed E-state index contributed by atoms with van der Waals surface area (Å²) in [6.07, 6.45) is 4.28. The van der Waals surface area contributed by atoms with E-state index in [1.807, 2.05) is 12.1 Å². The van der Waals surface area contributed by atoms with Gasteiger partial charge in [0, 0.05) is 0 Å². The number of aliphatic hydroxyl groups excluding tert-OH is 1. The summed E-state index contributed by atoms with van der Waals surface area (Å²) in [7, 11) is 1.38. The summed E-state index contributed by atoms with van der Waals surface area (Å²) in [5, 5.41) is 9.42. The second kappa shape index (κ2) is 5.15. The summed E-state index contributed by atoms with van der Waals surface area (Å²) in [5.41, 5.74) is 2.92. The summed E-state index contributed by atoms with van der Waals surface area (Å²) >= 11 is 0. The van der Waals surface area contributed by atoms with Crippen molar-refractivity contribution in [2.24, 2.45) is 0 Å². The molecule has 0 saturated carbocycles. The molecule has 1 N–H and O–H groups in total. The fourth-order valence-electron chi connectivity index (χ4n) is 2.02. The highest BCUT2D eigenvalue weighted by molar-refractivity contribution is 5.89. The molecular formula is C14H16O3. The fraction of sp³-hybridized carbons (Fsp3) is 0.357. The van der Waals surface area contributed by atoms with Crippen molar-refractivity contribution in [3.63, 3.8) is 0 Å². The molecule has 3 heteroatoms. The van der Waals surface area contributed by atoms with Crippen LogP contribution in [-0.4, -0.2) is 24.3 Å². The van der Waals surface area contributed by atoms with Gasteiger partial charge in [-0.05, 0) is 42.5 Å². The molecule has 1 aromatic rings. The molecule has 0 radical (unpaired) electrons. The van der Waals surface area contributed by atoms with Crippen molar-refractivity contribution in [2.45, 2.75) is 25.4 Å². The molecule has 0 aliphatic heterocycles. The van der Waals surface area contributed by atoms with Gasteiger partial charge in [-0.3, -0.25) is 0 Å². The Kier molecular flexibility index (Phi) is 3.59. The Hall–Kier alpha value is -1.61. The minimum Gasteiger partial charge on any atom is -0.465 e. The molecule has 1 atom stereocenters. The molecule has 0 amide bonds. The molecule has 0 bridgehead atoms. The number of allylic oxidation sites excluding steroid dienone is 1. The lowest BCUT2D eigenvalue weighted by molar-refractivity contribution is 0.0600. The van der Waals surface area contributed by atoms with Gasteiger partial charge in [-0.15, -0.1) is 0 Å². The third-order valence-corrected chi connectivity index (χ3v) is 3.06. The third-order valence-electron chi connectivity index (χ3n) is 3.06. The Balaban J connectivity index is 2.16. The number of aliphatic hydroxyl groups is 1. The summed E-state index contributed by atoms with van der Waals surface area (Å²) < 4.78 is 4.65. The van der Waals surface area contributed by atoms with Gasteiger partial charge in [0.25, 0.3) is 0 Å². The van der Waals surface area contributed by atoms with Crippen LogP contribution in [-0.2, 0) is 4.74 Å². The van der Waals surface area contributed by atoms with Gasteiger partial charge in [0.2, 0.25) is 0 Å². The maximum absolute atomic E-state index is 11.3. The number of benzene rings is 1. The lowest BCUT2D eigenvalue weighted by Crippen LogP contribution is -2.09. The average molecular weight is 232 g/mol. The van der Waals surface area contributed by atoms with Gasteiger partial charge >= 0.3 is 5.97 Å². The van der Waals surface area contributed by atoms with Gasteiger partial charge in [0.15, 0.2) is 0 Å². The molecule has 0 heterocycles. The van der Waals surface area contributed by atoms with Crippen LogP contribution in [0.1, 0.15) is 35.2 Å². The van der Waals surface area contributed by atoms with Crippen LogP contribution in [0.2, 0.25) is 0 Å². The van der Waals surface area contributed by atoms with Crippen LogP contribution in [0.3, 0.4) is 0 Å². The standard InChI is InChI=1S/C14H16O3/c1-17-14(16)12-4-2-10(3-5-12)11-6-8-13(15)9-7-11/h2-6,13,15H,7-9H2,1H3. The molecule has 0 aromatic heterocycles. The smallest absolute Gasteiger partial charge is 0.337 e. The highest BCUT2D eigenvalue weighted by Gasteiger charge is 2.13. The molecule has 0 spiro atoms. The van der Waals surface area contributed by atoms with E-state index < -0.39 is 0 Å². The van der Waals surface area contributed by atoms with Crippen LogP contribution in [0.5, 0.6) is 0 Å². The molecule has 90 valence electrons. The summed E-state index contributed by atoms with van der Waals surface area (Å²) in [6.45, 7) is 0. The minimum absolute atomic E-state index is 0.201. The Morgan fingerprint density at radius 1 is 1.35 bits per heavy atom. The van der Waals surface area contributed by atoms with Crippen molar-refractivity contribution in [3.05, 3.63) is 41.5 Å². The topological polar surface area (TPSA) is 46.5 Å². The quantitative estimate of drug-likeness (QED) is 0.796. The Morgan fingerprint density at radius 2 is 2.06 bits per heavy atom. The van der Waals surface area contributed by atoms with Gasteiger partial charge in [-0.1, -0.05) is 18.2 Å². The molecule has 3 nitrogen and oxygen atoms in total. The predicted octanol–water partition coefficient (Wildman–Crippen LogP) is 2.40. The molecule has 2 rings (SSSR count). The maximum atomic E-state index is 11.3. The second-order valence-corrected chi connectivity index (χ2v) is 4.23. The number of rotatable bonds is 2. The van der Waals surface area contributed by atoms with E-state index in [9.17, 15) is 9.90 Å². The fourth-order valence-corrected chi connectivity index (χ4v) is 2.02. The number of carbonyl (C=O) groups excluding carboxylic acids is 1. The number of methoxy groups -OCH3 is 1. The molecule has 0 fully saturated rings. The lowest BCUT2D eigenvalue weighted by atomic mass is 9.92. The van der Waals surface area contributed by atoms with E-state index in [2.05, 4.69) is 10.8 Å². The van der Waals surface area contributed by atoms with Crippen LogP contribution >= 0.6 is 0 Å². The monoisotopic (exact) mass is 232 g/mol. The Bertz CT molecular complexity index is 431. The maximum Gasteiger partial charge on any atom is 0.337 e. The number of hydrogen-bond donors (Lipinski definition) is 1. The van der Waals surface area contributed by atoms with E-state index >= 15 is 0 Å².